The van der Waals surface area contributed by atoms with Crippen LogP contribution in [0.15, 0.2) is 30.5 Å². The summed E-state index contributed by atoms with van der Waals surface area (Å²) in [4.78, 5) is 0. The topological polar surface area (TPSA) is 17.3 Å². The Balaban J connectivity index is 2.60. The molecule has 0 saturated carbocycles. The fourth-order valence-corrected chi connectivity index (χ4v) is 1.24. The van der Waals surface area contributed by atoms with Crippen LogP contribution in [0, 0.1) is 0 Å². The van der Waals surface area contributed by atoms with Gasteiger partial charge in [-0.1, -0.05) is 13.8 Å². The lowest BCUT2D eigenvalue weighted by Gasteiger charge is -2.03. The standard InChI is InChI=1S/C10H12N2/c1-8(2)10-6-5-9-4-3-7-12(9)11-10/h3-8H,1-2H3. The highest BCUT2D eigenvalue weighted by Crippen LogP contribution is 2.12. The molecule has 2 heterocycles. The van der Waals surface area contributed by atoms with E-state index in [0.29, 0.717) is 5.92 Å². The molecule has 0 saturated heterocycles. The Morgan fingerprint density at radius 2 is 2.08 bits per heavy atom. The first-order chi connectivity index (χ1) is 5.77. The fourth-order valence-electron chi connectivity index (χ4n) is 1.24. The normalized spacial score (nSPS) is 11.2. The lowest BCUT2D eigenvalue weighted by atomic mass is 10.1. The van der Waals surface area contributed by atoms with E-state index in [9.17, 15) is 0 Å². The summed E-state index contributed by atoms with van der Waals surface area (Å²) in [6.07, 6.45) is 1.97. The van der Waals surface area contributed by atoms with Crippen LogP contribution in [-0.2, 0) is 0 Å². The Morgan fingerprint density at radius 1 is 1.25 bits per heavy atom. The van der Waals surface area contributed by atoms with E-state index in [1.807, 2.05) is 16.8 Å². The molecule has 2 nitrogen and oxygen atoms in total. The van der Waals surface area contributed by atoms with Gasteiger partial charge < -0.3 is 0 Å². The van der Waals surface area contributed by atoms with Crippen LogP contribution < -0.4 is 0 Å². The van der Waals surface area contributed by atoms with Gasteiger partial charge in [-0.3, -0.25) is 0 Å². The van der Waals surface area contributed by atoms with Crippen LogP contribution >= 0.6 is 0 Å². The Kier molecular flexibility index (Phi) is 1.61. The van der Waals surface area contributed by atoms with E-state index in [1.165, 1.54) is 0 Å². The number of nitrogens with zero attached hydrogens (tertiary/aromatic N) is 2. The molecule has 62 valence electrons. The average Bonchev–Trinajstić information content (AvgIpc) is 2.49. The summed E-state index contributed by atoms with van der Waals surface area (Å²) in [5, 5.41) is 4.45. The maximum atomic E-state index is 4.45. The molecule has 0 unspecified atom stereocenters. The summed E-state index contributed by atoms with van der Waals surface area (Å²) in [5.41, 5.74) is 2.29. The molecule has 0 aromatic carbocycles. The predicted molar refractivity (Wildman–Crippen MR) is 49.3 cm³/mol. The van der Waals surface area contributed by atoms with Crippen molar-refractivity contribution < 1.29 is 0 Å². The van der Waals surface area contributed by atoms with Crippen LogP contribution in [0.25, 0.3) is 5.52 Å². The second-order valence-electron chi connectivity index (χ2n) is 3.29. The molecule has 0 radical (unpaired) electrons. The van der Waals surface area contributed by atoms with Gasteiger partial charge >= 0.3 is 0 Å². The van der Waals surface area contributed by atoms with E-state index in [1.54, 1.807) is 0 Å². The third-order valence-corrected chi connectivity index (χ3v) is 2.00. The third-order valence-electron chi connectivity index (χ3n) is 2.00. The molecule has 0 fully saturated rings. The highest BCUT2D eigenvalue weighted by Gasteiger charge is 2.00. The summed E-state index contributed by atoms with van der Waals surface area (Å²) >= 11 is 0. The quantitative estimate of drug-likeness (QED) is 0.626. The molecule has 2 aromatic heterocycles. The highest BCUT2D eigenvalue weighted by atomic mass is 15.2. The van der Waals surface area contributed by atoms with Gasteiger partial charge in [-0.2, -0.15) is 5.10 Å². The van der Waals surface area contributed by atoms with Gasteiger partial charge in [0.2, 0.25) is 0 Å². The van der Waals surface area contributed by atoms with Crippen molar-refractivity contribution in [1.29, 1.82) is 0 Å². The molecule has 0 aliphatic heterocycles. The van der Waals surface area contributed by atoms with Crippen LogP contribution in [0.1, 0.15) is 25.5 Å². The van der Waals surface area contributed by atoms with Crippen molar-refractivity contribution >= 4 is 5.52 Å². The van der Waals surface area contributed by atoms with Gasteiger partial charge in [-0.05, 0) is 30.2 Å². The number of aromatic nitrogens is 2. The van der Waals surface area contributed by atoms with Crippen molar-refractivity contribution in [2.75, 3.05) is 0 Å². The first-order valence-electron chi connectivity index (χ1n) is 4.21. The second kappa shape index (κ2) is 2.63. The van der Waals surface area contributed by atoms with Gasteiger partial charge in [0.05, 0.1) is 11.2 Å². The van der Waals surface area contributed by atoms with E-state index in [2.05, 4.69) is 37.1 Å². The van der Waals surface area contributed by atoms with Gasteiger partial charge in [-0.15, -0.1) is 0 Å². The minimum atomic E-state index is 0.497. The monoisotopic (exact) mass is 160 g/mol. The number of hydrogen-bond donors (Lipinski definition) is 0. The first-order valence-corrected chi connectivity index (χ1v) is 4.21. The molecular weight excluding hydrogens is 148 g/mol. The third kappa shape index (κ3) is 1.09. The van der Waals surface area contributed by atoms with Crippen molar-refractivity contribution in [2.45, 2.75) is 19.8 Å². The molecule has 0 atom stereocenters. The first kappa shape index (κ1) is 7.35. The second-order valence-corrected chi connectivity index (χ2v) is 3.29. The fraction of sp³-hybridized carbons (Fsp3) is 0.300. The van der Waals surface area contributed by atoms with Gasteiger partial charge in [0.1, 0.15) is 0 Å². The Hall–Kier alpha value is -1.31. The lowest BCUT2D eigenvalue weighted by Crippen LogP contribution is -1.97. The lowest BCUT2D eigenvalue weighted by molar-refractivity contribution is 0.765. The van der Waals surface area contributed by atoms with Crippen LogP contribution in [0.5, 0.6) is 0 Å². The molecule has 2 aromatic rings. The zero-order chi connectivity index (χ0) is 8.55. The zero-order valence-electron chi connectivity index (χ0n) is 7.36. The molecule has 2 heteroatoms. The summed E-state index contributed by atoms with van der Waals surface area (Å²) in [6, 6.07) is 8.24. The smallest absolute Gasteiger partial charge is 0.0646 e. The molecule has 0 aliphatic rings. The van der Waals surface area contributed by atoms with E-state index in [0.717, 1.165) is 11.2 Å². The summed E-state index contributed by atoms with van der Waals surface area (Å²) in [6.45, 7) is 4.30. The van der Waals surface area contributed by atoms with Gasteiger partial charge in [-0.25, -0.2) is 4.52 Å². The highest BCUT2D eigenvalue weighted by molar-refractivity contribution is 5.46. The molecule has 0 aliphatic carbocycles. The Bertz CT molecular complexity index is 387. The van der Waals surface area contributed by atoms with E-state index in [-0.39, 0.29) is 0 Å². The SMILES string of the molecule is CC(C)c1ccc2cccn2n1. The van der Waals surface area contributed by atoms with Crippen LogP contribution in [0.4, 0.5) is 0 Å². The van der Waals surface area contributed by atoms with Crippen molar-refractivity contribution in [2.24, 2.45) is 0 Å². The van der Waals surface area contributed by atoms with Crippen molar-refractivity contribution in [1.82, 2.24) is 9.61 Å². The molecule has 12 heavy (non-hydrogen) atoms. The summed E-state index contributed by atoms with van der Waals surface area (Å²) < 4.78 is 1.91. The van der Waals surface area contributed by atoms with Crippen LogP contribution in [0.3, 0.4) is 0 Å². The van der Waals surface area contributed by atoms with Crippen molar-refractivity contribution in [3.63, 3.8) is 0 Å². The van der Waals surface area contributed by atoms with Crippen LogP contribution in [0.2, 0.25) is 0 Å². The number of hydrogen-bond acceptors (Lipinski definition) is 1. The number of fused-ring (bicyclic) bond motifs is 1. The van der Waals surface area contributed by atoms with E-state index >= 15 is 0 Å². The molecule has 0 bridgehead atoms. The van der Waals surface area contributed by atoms with Gasteiger partial charge in [0, 0.05) is 6.20 Å². The Morgan fingerprint density at radius 3 is 2.83 bits per heavy atom. The van der Waals surface area contributed by atoms with Gasteiger partial charge in [0.15, 0.2) is 0 Å². The summed E-state index contributed by atoms with van der Waals surface area (Å²) in [7, 11) is 0. The zero-order valence-corrected chi connectivity index (χ0v) is 7.36. The maximum absolute atomic E-state index is 4.45. The van der Waals surface area contributed by atoms with E-state index in [4.69, 9.17) is 0 Å². The van der Waals surface area contributed by atoms with E-state index < -0.39 is 0 Å². The Labute approximate surface area is 71.8 Å². The largest absolute Gasteiger partial charge is 0.241 e. The van der Waals surface area contributed by atoms with Crippen molar-refractivity contribution in [3.8, 4) is 0 Å². The molecule has 0 N–H and O–H groups in total. The molecular formula is C10H12N2. The van der Waals surface area contributed by atoms with Crippen molar-refractivity contribution in [3.05, 3.63) is 36.2 Å². The minimum absolute atomic E-state index is 0.497. The van der Waals surface area contributed by atoms with Gasteiger partial charge in [0.25, 0.3) is 0 Å². The molecule has 2 rings (SSSR count). The predicted octanol–water partition coefficient (Wildman–Crippen LogP) is 2.46. The number of rotatable bonds is 1. The molecule has 0 spiro atoms. The average molecular weight is 160 g/mol. The molecule has 0 amide bonds. The van der Waals surface area contributed by atoms with Crippen LogP contribution in [-0.4, -0.2) is 9.61 Å². The maximum Gasteiger partial charge on any atom is 0.0646 e. The minimum Gasteiger partial charge on any atom is -0.241 e. The summed E-state index contributed by atoms with van der Waals surface area (Å²) in [5.74, 6) is 0.497.